The van der Waals surface area contributed by atoms with E-state index in [1.54, 1.807) is 0 Å². The lowest BCUT2D eigenvalue weighted by molar-refractivity contribution is -0.166. The van der Waals surface area contributed by atoms with Gasteiger partial charge in [0, 0.05) is 19.3 Å². The van der Waals surface area contributed by atoms with Crippen LogP contribution in [0, 0.1) is 0 Å². The number of allylic oxidation sites excluding steroid dienone is 20. The van der Waals surface area contributed by atoms with Crippen molar-refractivity contribution in [3.63, 3.8) is 0 Å². The van der Waals surface area contributed by atoms with Gasteiger partial charge in [-0.15, -0.1) is 0 Å². The number of hydrogen-bond donors (Lipinski definition) is 0. The second-order valence-electron chi connectivity index (χ2n) is 19.2. The van der Waals surface area contributed by atoms with Gasteiger partial charge >= 0.3 is 17.9 Å². The first-order valence-corrected chi connectivity index (χ1v) is 29.5. The zero-order valence-corrected chi connectivity index (χ0v) is 46.7. The molecule has 0 bridgehead atoms. The monoisotopic (exact) mass is 997 g/mol. The highest BCUT2D eigenvalue weighted by atomic mass is 16.6. The number of ether oxygens (including phenoxy) is 3. The van der Waals surface area contributed by atoms with Gasteiger partial charge in [-0.3, -0.25) is 14.4 Å². The lowest BCUT2D eigenvalue weighted by Gasteiger charge is -2.18. The van der Waals surface area contributed by atoms with Crippen molar-refractivity contribution in [1.29, 1.82) is 0 Å². The van der Waals surface area contributed by atoms with E-state index in [2.05, 4.69) is 130 Å². The summed E-state index contributed by atoms with van der Waals surface area (Å²) in [6.07, 6.45) is 82.1. The topological polar surface area (TPSA) is 78.9 Å². The van der Waals surface area contributed by atoms with Gasteiger partial charge in [0.25, 0.3) is 0 Å². The molecule has 1 atom stereocenters. The molecule has 0 aromatic carbocycles. The molecule has 0 aliphatic heterocycles. The minimum atomic E-state index is -0.837. The molecule has 6 nitrogen and oxygen atoms in total. The lowest BCUT2D eigenvalue weighted by Crippen LogP contribution is -2.30. The Morgan fingerprint density at radius 3 is 0.986 bits per heavy atom. The molecule has 1 unspecified atom stereocenters. The number of carbonyl (C=O) groups excluding carboxylic acids is 3. The summed E-state index contributed by atoms with van der Waals surface area (Å²) in [6, 6.07) is 0. The van der Waals surface area contributed by atoms with E-state index in [9.17, 15) is 14.4 Å². The molecular weight excluding hydrogens is 889 g/mol. The molecule has 0 fully saturated rings. The number of carbonyl (C=O) groups is 3. The van der Waals surface area contributed by atoms with Crippen LogP contribution in [0.15, 0.2) is 122 Å². The van der Waals surface area contributed by atoms with Crippen LogP contribution in [-0.2, 0) is 28.6 Å². The molecule has 0 saturated heterocycles. The lowest BCUT2D eigenvalue weighted by atomic mass is 10.1. The zero-order valence-electron chi connectivity index (χ0n) is 46.7. The average molecular weight is 998 g/mol. The van der Waals surface area contributed by atoms with Gasteiger partial charge in [0.15, 0.2) is 6.10 Å². The Bertz CT molecular complexity index is 1520. The molecule has 0 radical (unpaired) electrons. The van der Waals surface area contributed by atoms with E-state index < -0.39 is 6.10 Å². The summed E-state index contributed by atoms with van der Waals surface area (Å²) < 4.78 is 16.8. The molecule has 0 aliphatic rings. The third-order valence-electron chi connectivity index (χ3n) is 12.2. The highest BCUT2D eigenvalue weighted by Crippen LogP contribution is 2.14. The van der Waals surface area contributed by atoms with Gasteiger partial charge in [0.2, 0.25) is 0 Å². The van der Waals surface area contributed by atoms with Crippen LogP contribution in [0.3, 0.4) is 0 Å². The van der Waals surface area contributed by atoms with Crippen LogP contribution in [0.25, 0.3) is 0 Å². The first-order valence-electron chi connectivity index (χ1n) is 29.5. The van der Waals surface area contributed by atoms with Gasteiger partial charge in [-0.1, -0.05) is 245 Å². The molecule has 0 spiro atoms. The van der Waals surface area contributed by atoms with Crippen molar-refractivity contribution in [2.45, 2.75) is 264 Å². The first-order chi connectivity index (χ1) is 35.5. The van der Waals surface area contributed by atoms with Gasteiger partial charge in [-0.05, 0) is 116 Å². The summed E-state index contributed by atoms with van der Waals surface area (Å²) in [5, 5.41) is 0. The molecule has 0 heterocycles. The Kier molecular flexibility index (Phi) is 55.9. The van der Waals surface area contributed by atoms with E-state index in [4.69, 9.17) is 14.2 Å². The molecule has 0 aliphatic carbocycles. The fraction of sp³-hybridized carbons (Fsp3) is 0.652. The second kappa shape index (κ2) is 59.4. The minimum absolute atomic E-state index is 0.133. The SMILES string of the molecule is CC/C=C\C/C=C\C/C=C\C/C=C\C/C=C\C/C=C\CCC(=O)OCC(COC(=O)CCC/C=C\C/C=C\C/C=C\CCCCCCCC)OC(=O)CCCCCCC/C=C\CCCCCCCCCCC. The van der Waals surface area contributed by atoms with Gasteiger partial charge in [-0.2, -0.15) is 0 Å². The van der Waals surface area contributed by atoms with E-state index in [1.165, 1.54) is 116 Å². The molecule has 0 aromatic rings. The van der Waals surface area contributed by atoms with Crippen LogP contribution in [0.2, 0.25) is 0 Å². The molecule has 408 valence electrons. The van der Waals surface area contributed by atoms with Crippen LogP contribution in [0.4, 0.5) is 0 Å². The average Bonchev–Trinajstić information content (AvgIpc) is 3.38. The van der Waals surface area contributed by atoms with E-state index >= 15 is 0 Å². The van der Waals surface area contributed by atoms with Crippen molar-refractivity contribution < 1.29 is 28.6 Å². The Labute approximate surface area is 443 Å². The van der Waals surface area contributed by atoms with Crippen LogP contribution in [-0.4, -0.2) is 37.2 Å². The summed E-state index contributed by atoms with van der Waals surface area (Å²) in [5.41, 5.74) is 0. The predicted molar refractivity (Wildman–Crippen MR) is 311 cm³/mol. The normalized spacial score (nSPS) is 13.0. The fourth-order valence-corrected chi connectivity index (χ4v) is 7.77. The highest BCUT2D eigenvalue weighted by Gasteiger charge is 2.19. The first kappa shape index (κ1) is 67.8. The van der Waals surface area contributed by atoms with E-state index in [0.717, 1.165) is 89.9 Å². The predicted octanol–water partition coefficient (Wildman–Crippen LogP) is 20.0. The minimum Gasteiger partial charge on any atom is -0.462 e. The standard InChI is InChI=1S/C66H108O6/c1-4-7-10-13-16-19-22-25-28-31-33-36-38-41-44-47-50-53-56-59-65(68)71-62-63(61-70-64(67)58-55-52-49-46-43-40-37-34-30-27-24-21-18-15-12-9-6-3)72-66(69)60-57-54-51-48-45-42-39-35-32-29-26-23-20-17-14-11-8-5-2/h7,10,16,19,25,27-28,30,33,35-37,39-41,44,46,49-50,53,63H,4-6,8-9,11-15,17-18,20-24,26,29,31-32,34,38,42-43,45,47-48,51-52,54-62H2,1-3H3/b10-7-,19-16-,28-25-,30-27-,36-33-,39-35-,40-37-,44-41-,49-46-,53-50-. The van der Waals surface area contributed by atoms with Crippen molar-refractivity contribution in [2.24, 2.45) is 0 Å². The number of hydrogen-bond acceptors (Lipinski definition) is 6. The van der Waals surface area contributed by atoms with Crippen LogP contribution in [0.5, 0.6) is 0 Å². The van der Waals surface area contributed by atoms with Gasteiger partial charge < -0.3 is 14.2 Å². The van der Waals surface area contributed by atoms with Crippen molar-refractivity contribution in [3.05, 3.63) is 122 Å². The number of rotatable bonds is 52. The van der Waals surface area contributed by atoms with Gasteiger partial charge in [0.1, 0.15) is 13.2 Å². The summed E-state index contributed by atoms with van der Waals surface area (Å²) in [7, 11) is 0. The molecular formula is C66H108O6. The second-order valence-corrected chi connectivity index (χ2v) is 19.2. The van der Waals surface area contributed by atoms with Crippen LogP contribution in [0.1, 0.15) is 258 Å². The molecule has 0 saturated carbocycles. The van der Waals surface area contributed by atoms with Crippen molar-refractivity contribution in [2.75, 3.05) is 13.2 Å². The summed E-state index contributed by atoms with van der Waals surface area (Å²) in [6.45, 7) is 6.41. The fourth-order valence-electron chi connectivity index (χ4n) is 7.77. The van der Waals surface area contributed by atoms with E-state index in [0.29, 0.717) is 12.8 Å². The third kappa shape index (κ3) is 56.7. The maximum atomic E-state index is 12.9. The smallest absolute Gasteiger partial charge is 0.306 e. The zero-order chi connectivity index (χ0) is 52.2. The molecule has 0 aromatic heterocycles. The third-order valence-corrected chi connectivity index (χ3v) is 12.2. The van der Waals surface area contributed by atoms with Crippen molar-refractivity contribution >= 4 is 17.9 Å². The Balaban J connectivity index is 4.59. The molecule has 72 heavy (non-hydrogen) atoms. The Hall–Kier alpha value is -4.19. The highest BCUT2D eigenvalue weighted by molar-refractivity contribution is 5.71. The summed E-state index contributed by atoms with van der Waals surface area (Å²) >= 11 is 0. The van der Waals surface area contributed by atoms with Crippen molar-refractivity contribution in [3.8, 4) is 0 Å². The Morgan fingerprint density at radius 2 is 0.583 bits per heavy atom. The molecule has 0 amide bonds. The maximum Gasteiger partial charge on any atom is 0.306 e. The number of esters is 3. The van der Waals surface area contributed by atoms with E-state index in [-0.39, 0.29) is 50.4 Å². The molecule has 6 heteroatoms. The van der Waals surface area contributed by atoms with Crippen molar-refractivity contribution in [1.82, 2.24) is 0 Å². The number of unbranched alkanes of at least 4 members (excludes halogenated alkanes) is 21. The molecule has 0 N–H and O–H groups in total. The summed E-state index contributed by atoms with van der Waals surface area (Å²) in [5.74, 6) is -1.07. The van der Waals surface area contributed by atoms with Crippen LogP contribution >= 0.6 is 0 Å². The van der Waals surface area contributed by atoms with Gasteiger partial charge in [0.05, 0.1) is 0 Å². The molecule has 0 rings (SSSR count). The van der Waals surface area contributed by atoms with Gasteiger partial charge in [-0.25, -0.2) is 0 Å². The largest absolute Gasteiger partial charge is 0.462 e. The maximum absolute atomic E-state index is 12.9. The summed E-state index contributed by atoms with van der Waals surface area (Å²) in [4.78, 5) is 38.2. The van der Waals surface area contributed by atoms with Crippen LogP contribution < -0.4 is 0 Å². The van der Waals surface area contributed by atoms with E-state index in [1.807, 2.05) is 12.2 Å². The quantitative estimate of drug-likeness (QED) is 0.0261. The Morgan fingerprint density at radius 1 is 0.292 bits per heavy atom.